The molecule has 2 rings (SSSR count). The smallest absolute Gasteiger partial charge is 0.336 e. The molecule has 5 nitrogen and oxygen atoms in total. The first-order valence-corrected chi connectivity index (χ1v) is 5.50. The summed E-state index contributed by atoms with van der Waals surface area (Å²) in [5.41, 5.74) is 0.492. The zero-order chi connectivity index (χ0) is 13.1. The van der Waals surface area contributed by atoms with Crippen LogP contribution in [0, 0.1) is 0 Å². The number of carboxylic acid groups (broad SMARTS) is 1. The van der Waals surface area contributed by atoms with Gasteiger partial charge in [0.15, 0.2) is 0 Å². The fourth-order valence-electron chi connectivity index (χ4n) is 1.83. The fourth-order valence-corrected chi connectivity index (χ4v) is 1.83. The minimum atomic E-state index is -0.958. The molecule has 1 atom stereocenters. The zero-order valence-corrected chi connectivity index (χ0v) is 9.50. The number of hydrogen-bond donors (Lipinski definition) is 2. The van der Waals surface area contributed by atoms with Crippen LogP contribution in [0.1, 0.15) is 24.5 Å². The zero-order valence-electron chi connectivity index (χ0n) is 9.50. The molecule has 0 fully saturated rings. The summed E-state index contributed by atoms with van der Waals surface area (Å²) in [6, 6.07) is 7.82. The van der Waals surface area contributed by atoms with Crippen LogP contribution in [0.15, 0.2) is 39.5 Å². The van der Waals surface area contributed by atoms with Gasteiger partial charge in [0.1, 0.15) is 5.58 Å². The number of hydrogen-bond acceptors (Lipinski definition) is 4. The van der Waals surface area contributed by atoms with Crippen molar-refractivity contribution in [3.63, 3.8) is 0 Å². The molecule has 1 heterocycles. The van der Waals surface area contributed by atoms with Crippen LogP contribution < -0.4 is 5.63 Å². The predicted molar refractivity (Wildman–Crippen MR) is 64.3 cm³/mol. The van der Waals surface area contributed by atoms with E-state index in [1.165, 1.54) is 6.07 Å². The first-order chi connectivity index (χ1) is 8.58. The van der Waals surface area contributed by atoms with E-state index in [0.29, 0.717) is 16.5 Å². The van der Waals surface area contributed by atoms with E-state index in [0.717, 1.165) is 0 Å². The third-order valence-corrected chi connectivity index (χ3v) is 2.69. The van der Waals surface area contributed by atoms with Gasteiger partial charge in [-0.3, -0.25) is 4.79 Å². The molecule has 1 unspecified atom stereocenters. The molecular weight excluding hydrogens is 236 g/mol. The monoisotopic (exact) mass is 248 g/mol. The Hall–Kier alpha value is -2.14. The molecule has 5 heteroatoms. The minimum absolute atomic E-state index is 0.117. The molecule has 1 aromatic heterocycles. The van der Waals surface area contributed by atoms with Gasteiger partial charge in [0, 0.05) is 17.9 Å². The highest BCUT2D eigenvalue weighted by Gasteiger charge is 2.13. The molecule has 2 N–H and O–H groups in total. The van der Waals surface area contributed by atoms with Gasteiger partial charge >= 0.3 is 11.6 Å². The van der Waals surface area contributed by atoms with Crippen LogP contribution in [0.3, 0.4) is 0 Å². The number of benzene rings is 1. The Morgan fingerprint density at radius 1 is 1.28 bits per heavy atom. The Bertz CT molecular complexity index is 629. The lowest BCUT2D eigenvalue weighted by molar-refractivity contribution is -0.137. The molecule has 0 radical (unpaired) electrons. The van der Waals surface area contributed by atoms with E-state index in [2.05, 4.69) is 0 Å². The molecule has 0 saturated carbocycles. The highest BCUT2D eigenvalue weighted by Crippen LogP contribution is 2.26. The first-order valence-electron chi connectivity index (χ1n) is 5.50. The van der Waals surface area contributed by atoms with E-state index in [4.69, 9.17) is 9.52 Å². The Kier molecular flexibility index (Phi) is 3.43. The number of rotatable bonds is 4. The van der Waals surface area contributed by atoms with Crippen molar-refractivity contribution in [2.75, 3.05) is 0 Å². The molecule has 0 bridgehead atoms. The summed E-state index contributed by atoms with van der Waals surface area (Å²) in [5, 5.41) is 19.2. The van der Waals surface area contributed by atoms with Crippen molar-refractivity contribution in [3.05, 3.63) is 46.3 Å². The molecular formula is C13H12O5. The lowest BCUT2D eigenvalue weighted by Crippen LogP contribution is -2.04. The van der Waals surface area contributed by atoms with E-state index < -0.39 is 17.7 Å². The molecule has 0 aliphatic heterocycles. The summed E-state index contributed by atoms with van der Waals surface area (Å²) < 4.78 is 5.00. The lowest BCUT2D eigenvalue weighted by Gasteiger charge is -2.11. The maximum absolute atomic E-state index is 11.1. The van der Waals surface area contributed by atoms with Crippen molar-refractivity contribution in [1.82, 2.24) is 0 Å². The summed E-state index contributed by atoms with van der Waals surface area (Å²) in [6.07, 6.45) is -0.889. The van der Waals surface area contributed by atoms with Crippen molar-refractivity contribution in [1.29, 1.82) is 0 Å². The van der Waals surface area contributed by atoms with Crippen LogP contribution >= 0.6 is 0 Å². The fraction of sp³-hybridized carbons (Fsp3) is 0.231. The van der Waals surface area contributed by atoms with Crippen LogP contribution in [-0.4, -0.2) is 16.2 Å². The van der Waals surface area contributed by atoms with Crippen molar-refractivity contribution in [2.45, 2.75) is 18.9 Å². The second-order valence-electron chi connectivity index (χ2n) is 3.96. The van der Waals surface area contributed by atoms with Gasteiger partial charge in [-0.1, -0.05) is 12.1 Å². The number of aliphatic carboxylic acids is 1. The standard InChI is InChI=1S/C13H12O5/c14-10(5-6-12(15)16)8-2-1-3-11-9(8)4-7-13(17)18-11/h1-4,7,10,14H,5-6H2,(H,15,16). The van der Waals surface area contributed by atoms with Crippen molar-refractivity contribution in [3.8, 4) is 0 Å². The quantitative estimate of drug-likeness (QED) is 0.804. The highest BCUT2D eigenvalue weighted by atomic mass is 16.4. The largest absolute Gasteiger partial charge is 0.481 e. The molecule has 1 aromatic carbocycles. The predicted octanol–water partition coefficient (Wildman–Crippen LogP) is 1.69. The van der Waals surface area contributed by atoms with Gasteiger partial charge in [0.2, 0.25) is 0 Å². The van der Waals surface area contributed by atoms with E-state index in [1.54, 1.807) is 24.3 Å². The third kappa shape index (κ3) is 2.57. The lowest BCUT2D eigenvalue weighted by atomic mass is 10.0. The van der Waals surface area contributed by atoms with Gasteiger partial charge in [0.05, 0.1) is 6.10 Å². The van der Waals surface area contributed by atoms with Crippen LogP contribution in [0.2, 0.25) is 0 Å². The first kappa shape index (κ1) is 12.3. The van der Waals surface area contributed by atoms with Crippen LogP contribution in [0.25, 0.3) is 11.0 Å². The summed E-state index contributed by atoms with van der Waals surface area (Å²) in [5.74, 6) is -0.958. The van der Waals surface area contributed by atoms with E-state index in [9.17, 15) is 14.7 Å². The van der Waals surface area contributed by atoms with E-state index in [-0.39, 0.29) is 12.8 Å². The van der Waals surface area contributed by atoms with Gasteiger partial charge in [-0.25, -0.2) is 4.79 Å². The molecule has 0 aliphatic rings. The average Bonchev–Trinajstić information content (AvgIpc) is 2.34. The molecule has 0 spiro atoms. The van der Waals surface area contributed by atoms with Gasteiger partial charge < -0.3 is 14.6 Å². The molecule has 0 amide bonds. The van der Waals surface area contributed by atoms with Crippen molar-refractivity contribution >= 4 is 16.9 Å². The van der Waals surface area contributed by atoms with Gasteiger partial charge in [-0.15, -0.1) is 0 Å². The second kappa shape index (κ2) is 5.01. The summed E-state index contributed by atoms with van der Waals surface area (Å²) in [7, 11) is 0. The van der Waals surface area contributed by atoms with Crippen molar-refractivity contribution in [2.24, 2.45) is 0 Å². The van der Waals surface area contributed by atoms with Crippen molar-refractivity contribution < 1.29 is 19.4 Å². The highest BCUT2D eigenvalue weighted by molar-refractivity contribution is 5.80. The Morgan fingerprint density at radius 3 is 2.78 bits per heavy atom. The Balaban J connectivity index is 2.38. The SMILES string of the molecule is O=C(O)CCC(O)c1cccc2oc(=O)ccc12. The minimum Gasteiger partial charge on any atom is -0.481 e. The van der Waals surface area contributed by atoms with Gasteiger partial charge in [-0.05, 0) is 24.1 Å². The van der Waals surface area contributed by atoms with E-state index >= 15 is 0 Å². The molecule has 94 valence electrons. The maximum atomic E-state index is 11.1. The van der Waals surface area contributed by atoms with Crippen LogP contribution in [-0.2, 0) is 4.79 Å². The topological polar surface area (TPSA) is 87.7 Å². The number of carboxylic acids is 1. The number of fused-ring (bicyclic) bond motifs is 1. The molecule has 0 saturated heterocycles. The maximum Gasteiger partial charge on any atom is 0.336 e. The average molecular weight is 248 g/mol. The number of carbonyl (C=O) groups is 1. The Morgan fingerprint density at radius 2 is 2.06 bits per heavy atom. The van der Waals surface area contributed by atoms with Gasteiger partial charge in [-0.2, -0.15) is 0 Å². The molecule has 0 aliphatic carbocycles. The summed E-state index contributed by atoms with van der Waals surface area (Å²) >= 11 is 0. The van der Waals surface area contributed by atoms with Crippen LogP contribution in [0.5, 0.6) is 0 Å². The third-order valence-electron chi connectivity index (χ3n) is 2.69. The van der Waals surface area contributed by atoms with E-state index in [1.807, 2.05) is 0 Å². The van der Waals surface area contributed by atoms with Gasteiger partial charge in [0.25, 0.3) is 0 Å². The molecule has 18 heavy (non-hydrogen) atoms. The second-order valence-corrected chi connectivity index (χ2v) is 3.96. The van der Waals surface area contributed by atoms with Crippen LogP contribution in [0.4, 0.5) is 0 Å². The summed E-state index contributed by atoms with van der Waals surface area (Å²) in [6.45, 7) is 0. The molecule has 2 aromatic rings. The Labute approximate surface area is 102 Å². The number of aliphatic hydroxyl groups is 1. The normalized spacial score (nSPS) is 12.5. The summed E-state index contributed by atoms with van der Waals surface area (Å²) in [4.78, 5) is 21.5. The number of aliphatic hydroxyl groups excluding tert-OH is 1.